The molecule has 0 aromatic heterocycles. The van der Waals surface area contributed by atoms with Gasteiger partial charge in [-0.15, -0.1) is 0 Å². The van der Waals surface area contributed by atoms with E-state index in [9.17, 15) is 10.2 Å². The summed E-state index contributed by atoms with van der Waals surface area (Å²) in [5.41, 5.74) is 8.02. The first-order valence-electron chi connectivity index (χ1n) is 4.09. The Kier molecular flexibility index (Phi) is 3.83. The van der Waals surface area contributed by atoms with Gasteiger partial charge in [0.2, 0.25) is 0 Å². The molecule has 0 spiro atoms. The van der Waals surface area contributed by atoms with E-state index in [0.717, 1.165) is 0 Å². The Labute approximate surface area is 83.8 Å². The summed E-state index contributed by atoms with van der Waals surface area (Å²) in [6.45, 7) is 0. The molecule has 9 nitrogen and oxygen atoms in total. The highest BCUT2D eigenvalue weighted by Crippen LogP contribution is 2.22. The smallest absolute Gasteiger partial charge is 0.184 e. The lowest BCUT2D eigenvalue weighted by molar-refractivity contribution is -0.296. The van der Waals surface area contributed by atoms with Crippen LogP contribution in [0.2, 0.25) is 0 Å². The van der Waals surface area contributed by atoms with Gasteiger partial charge in [-0.25, -0.2) is 0 Å². The molecule has 0 amide bonds. The molecule has 1 heterocycles. The van der Waals surface area contributed by atoms with Crippen molar-refractivity contribution in [1.82, 2.24) is 0 Å². The number of ether oxygens (including phenoxy) is 1. The average Bonchev–Trinajstić information content (AvgIpc) is 2.20. The molecule has 15 heavy (non-hydrogen) atoms. The van der Waals surface area contributed by atoms with E-state index >= 15 is 0 Å². The lowest BCUT2D eigenvalue weighted by Crippen LogP contribution is -2.60. The summed E-state index contributed by atoms with van der Waals surface area (Å²) in [5.74, 6) is 0. The lowest BCUT2D eigenvalue weighted by Gasteiger charge is -2.39. The maximum absolute atomic E-state index is 9.33. The van der Waals surface area contributed by atoms with Crippen LogP contribution >= 0.6 is 0 Å². The van der Waals surface area contributed by atoms with E-state index in [2.05, 4.69) is 14.8 Å². The molecule has 1 fully saturated rings. The van der Waals surface area contributed by atoms with Crippen LogP contribution in [0, 0.1) is 0 Å². The van der Waals surface area contributed by atoms with Crippen molar-refractivity contribution >= 4 is 0 Å². The Morgan fingerprint density at radius 2 is 1.73 bits per heavy atom. The van der Waals surface area contributed by atoms with E-state index in [1.165, 1.54) is 0 Å². The second-order valence-corrected chi connectivity index (χ2v) is 3.08. The van der Waals surface area contributed by atoms with Crippen LogP contribution < -0.4 is 0 Å². The molecule has 6 atom stereocenters. The fourth-order valence-corrected chi connectivity index (χ4v) is 1.25. The third-order valence-corrected chi connectivity index (χ3v) is 2.09. The van der Waals surface area contributed by atoms with E-state index in [1.807, 2.05) is 0 Å². The molecule has 0 aromatic rings. The summed E-state index contributed by atoms with van der Waals surface area (Å²) in [5, 5.41) is 48.7. The topological polar surface area (TPSA) is 159 Å². The van der Waals surface area contributed by atoms with Gasteiger partial charge in [0.05, 0.1) is 0 Å². The fraction of sp³-hybridized carbons (Fsp3) is 1.00. The van der Waals surface area contributed by atoms with Crippen molar-refractivity contribution in [3.05, 3.63) is 10.4 Å². The van der Waals surface area contributed by atoms with Crippen LogP contribution in [0.1, 0.15) is 0 Å². The number of hydrogen-bond donors (Lipinski definition) is 5. The molecule has 9 heteroatoms. The summed E-state index contributed by atoms with van der Waals surface area (Å²) in [6, 6.07) is 0. The molecular weight excluding hydrogens is 210 g/mol. The average molecular weight is 221 g/mol. The van der Waals surface area contributed by atoms with Gasteiger partial charge >= 0.3 is 0 Å². The number of aliphatic hydroxyl groups excluding tert-OH is 5. The minimum absolute atomic E-state index is 1.49. The van der Waals surface area contributed by atoms with Crippen LogP contribution in [0.4, 0.5) is 0 Å². The van der Waals surface area contributed by atoms with E-state index in [1.54, 1.807) is 0 Å². The second-order valence-electron chi connectivity index (χ2n) is 3.08. The molecule has 5 N–H and O–H groups in total. The van der Waals surface area contributed by atoms with E-state index < -0.39 is 36.9 Å². The van der Waals surface area contributed by atoms with E-state index in [0.29, 0.717) is 0 Å². The Morgan fingerprint density at radius 3 is 2.27 bits per heavy atom. The number of rotatable bonds is 2. The van der Waals surface area contributed by atoms with Crippen LogP contribution in [0.5, 0.6) is 0 Å². The standard InChI is InChI=1S/C6H11N3O6/c7-9-8-5(13)4-2(11)1(10)3(12)6(14)15-4/h1-6,10-14H/t1-,2-,3+,4-,5?,6?/m0/s1. The first kappa shape index (κ1) is 12.1. The molecule has 0 aromatic carbocycles. The summed E-state index contributed by atoms with van der Waals surface area (Å²) in [4.78, 5) is 2.27. The van der Waals surface area contributed by atoms with Crippen molar-refractivity contribution in [1.29, 1.82) is 0 Å². The van der Waals surface area contributed by atoms with Gasteiger partial charge in [0.1, 0.15) is 24.4 Å². The zero-order valence-electron chi connectivity index (χ0n) is 7.45. The maximum Gasteiger partial charge on any atom is 0.184 e. The number of nitrogens with zero attached hydrogens (tertiary/aromatic N) is 3. The zero-order chi connectivity index (χ0) is 11.6. The van der Waals surface area contributed by atoms with Gasteiger partial charge in [-0.1, -0.05) is 5.11 Å². The Morgan fingerprint density at radius 1 is 1.13 bits per heavy atom. The quantitative estimate of drug-likeness (QED) is 0.195. The molecule has 0 radical (unpaired) electrons. The van der Waals surface area contributed by atoms with Crippen molar-refractivity contribution in [2.75, 3.05) is 0 Å². The summed E-state index contributed by atoms with van der Waals surface area (Å²) in [6.07, 6.45) is -10.1. The predicted molar refractivity (Wildman–Crippen MR) is 44.1 cm³/mol. The Balaban J connectivity index is 2.78. The van der Waals surface area contributed by atoms with Crippen LogP contribution in [0.3, 0.4) is 0 Å². The first-order valence-corrected chi connectivity index (χ1v) is 4.09. The van der Waals surface area contributed by atoms with Gasteiger partial charge in [-0.2, -0.15) is 0 Å². The lowest BCUT2D eigenvalue weighted by atomic mass is 9.98. The SMILES string of the molecule is [N-]=[N+]=NC(O)[C@H]1OC(O)[C@H](O)[C@@H](O)[C@@H]1O. The van der Waals surface area contributed by atoms with Crippen LogP contribution in [-0.4, -0.2) is 62.5 Å². The molecule has 0 saturated carbocycles. The van der Waals surface area contributed by atoms with E-state index in [-0.39, 0.29) is 0 Å². The minimum Gasteiger partial charge on any atom is -0.387 e. The van der Waals surface area contributed by atoms with Crippen LogP contribution in [-0.2, 0) is 4.74 Å². The second kappa shape index (κ2) is 4.73. The highest BCUT2D eigenvalue weighted by molar-refractivity contribution is 4.91. The summed E-state index contributed by atoms with van der Waals surface area (Å²) in [7, 11) is 0. The Hall–Kier alpha value is -0.930. The van der Waals surface area contributed by atoms with E-state index in [4.69, 9.17) is 20.9 Å². The van der Waals surface area contributed by atoms with Gasteiger partial charge in [0.25, 0.3) is 0 Å². The van der Waals surface area contributed by atoms with Crippen LogP contribution in [0.25, 0.3) is 10.4 Å². The number of azide groups is 1. The van der Waals surface area contributed by atoms with Gasteiger partial charge < -0.3 is 30.3 Å². The third kappa shape index (κ3) is 2.36. The van der Waals surface area contributed by atoms with Crippen molar-refractivity contribution in [2.45, 2.75) is 36.9 Å². The molecule has 0 aliphatic carbocycles. The summed E-state index contributed by atoms with van der Waals surface area (Å²) < 4.78 is 4.58. The van der Waals surface area contributed by atoms with Gasteiger partial charge in [-0.05, 0) is 5.53 Å². The van der Waals surface area contributed by atoms with Gasteiger partial charge in [-0.3, -0.25) is 0 Å². The summed E-state index contributed by atoms with van der Waals surface area (Å²) >= 11 is 0. The number of hydrogen-bond acceptors (Lipinski definition) is 7. The first-order chi connectivity index (χ1) is 6.99. The molecule has 2 unspecified atom stereocenters. The zero-order valence-corrected chi connectivity index (χ0v) is 7.45. The molecular formula is C6H11N3O6. The Bertz CT molecular complexity index is 270. The molecule has 1 aliphatic rings. The largest absolute Gasteiger partial charge is 0.387 e. The minimum atomic E-state index is -1.77. The van der Waals surface area contributed by atoms with Gasteiger partial charge in [0.15, 0.2) is 12.5 Å². The molecule has 1 saturated heterocycles. The normalized spacial score (nSPS) is 43.1. The highest BCUT2D eigenvalue weighted by atomic mass is 16.6. The van der Waals surface area contributed by atoms with Gasteiger partial charge in [0, 0.05) is 4.91 Å². The van der Waals surface area contributed by atoms with Crippen molar-refractivity contribution in [3.8, 4) is 0 Å². The van der Waals surface area contributed by atoms with Crippen molar-refractivity contribution in [2.24, 2.45) is 5.11 Å². The third-order valence-electron chi connectivity index (χ3n) is 2.09. The molecule has 1 aliphatic heterocycles. The van der Waals surface area contributed by atoms with Crippen LogP contribution in [0.15, 0.2) is 5.11 Å². The predicted octanol–water partition coefficient (Wildman–Crippen LogP) is -2.59. The maximum atomic E-state index is 9.33. The fourth-order valence-electron chi connectivity index (χ4n) is 1.25. The van der Waals surface area contributed by atoms with Crippen molar-refractivity contribution in [3.63, 3.8) is 0 Å². The molecule has 86 valence electrons. The monoisotopic (exact) mass is 221 g/mol. The molecule has 1 rings (SSSR count). The molecule has 0 bridgehead atoms. The highest BCUT2D eigenvalue weighted by Gasteiger charge is 2.45. The number of aliphatic hydroxyl groups is 5. The van der Waals surface area contributed by atoms with Crippen molar-refractivity contribution < 1.29 is 30.3 Å².